The molecule has 3 aromatic carbocycles. The number of aliphatic hydroxyl groups is 1. The Balaban J connectivity index is 1.19. The third kappa shape index (κ3) is 6.02. The van der Waals surface area contributed by atoms with Crippen molar-refractivity contribution in [2.24, 2.45) is 0 Å². The van der Waals surface area contributed by atoms with Crippen LogP contribution in [0.4, 0.5) is 4.79 Å². The zero-order valence-electron chi connectivity index (χ0n) is 24.1. The Morgan fingerprint density at radius 2 is 1.73 bits per heavy atom. The highest BCUT2D eigenvalue weighted by Gasteiger charge is 2.61. The largest absolute Gasteiger partial charge is 0.445 e. The van der Waals surface area contributed by atoms with Gasteiger partial charge in [0.05, 0.1) is 50.0 Å². The number of hydrogen-bond donors (Lipinski definition) is 1. The molecule has 1 atom stereocenters. The Bertz CT molecular complexity index is 1650. The van der Waals surface area contributed by atoms with Crippen molar-refractivity contribution < 1.29 is 37.3 Å². The van der Waals surface area contributed by atoms with E-state index in [4.69, 9.17) is 25.8 Å². The van der Waals surface area contributed by atoms with E-state index in [0.29, 0.717) is 36.3 Å². The molecule has 1 spiro atoms. The van der Waals surface area contributed by atoms with E-state index in [1.165, 1.54) is 6.07 Å². The van der Waals surface area contributed by atoms with Crippen LogP contribution in [-0.4, -0.2) is 104 Å². The van der Waals surface area contributed by atoms with E-state index in [2.05, 4.69) is 0 Å². The summed E-state index contributed by atoms with van der Waals surface area (Å²) >= 11 is 6.09. The predicted molar refractivity (Wildman–Crippen MR) is 161 cm³/mol. The van der Waals surface area contributed by atoms with Crippen molar-refractivity contribution in [1.82, 2.24) is 14.1 Å². The van der Waals surface area contributed by atoms with Crippen LogP contribution in [0.15, 0.2) is 71.6 Å². The highest BCUT2D eigenvalue weighted by Crippen LogP contribution is 2.44. The van der Waals surface area contributed by atoms with Gasteiger partial charge in [0.15, 0.2) is 5.72 Å². The molecule has 1 unspecified atom stereocenters. The number of benzene rings is 3. The first-order valence-electron chi connectivity index (χ1n) is 14.5. The molecule has 234 valence electrons. The molecule has 0 saturated carbocycles. The van der Waals surface area contributed by atoms with Gasteiger partial charge < -0.3 is 29.1 Å². The molecule has 0 aromatic heterocycles. The fourth-order valence-electron chi connectivity index (χ4n) is 6.21. The molecule has 3 heterocycles. The number of carbonyl (C=O) groups is 2. The van der Waals surface area contributed by atoms with E-state index in [0.717, 1.165) is 15.3 Å². The van der Waals surface area contributed by atoms with Gasteiger partial charge in [-0.15, -0.1) is 0 Å². The first-order chi connectivity index (χ1) is 21.1. The number of rotatable bonds is 8. The van der Waals surface area contributed by atoms with Gasteiger partial charge in [-0.2, -0.15) is 4.31 Å². The summed E-state index contributed by atoms with van der Waals surface area (Å²) in [6, 6.07) is 19.4. The summed E-state index contributed by atoms with van der Waals surface area (Å²) in [7, 11) is -4.10. The monoisotopic (exact) mass is 643 g/mol. The molecule has 0 radical (unpaired) electrons. The van der Waals surface area contributed by atoms with Gasteiger partial charge in [-0.05, 0) is 53.4 Å². The normalized spacial score (nSPS) is 22.0. The number of amides is 2. The minimum absolute atomic E-state index is 0.00115. The lowest BCUT2D eigenvalue weighted by atomic mass is 9.91. The molecule has 3 aliphatic heterocycles. The van der Waals surface area contributed by atoms with Crippen molar-refractivity contribution in [3.8, 4) is 0 Å². The molecule has 2 amide bonds. The lowest BCUT2D eigenvalue weighted by Crippen LogP contribution is -2.65. The summed E-state index contributed by atoms with van der Waals surface area (Å²) in [5.74, 6) is -0.401. The van der Waals surface area contributed by atoms with Crippen LogP contribution in [0.3, 0.4) is 0 Å². The Kier molecular flexibility index (Phi) is 8.57. The van der Waals surface area contributed by atoms with Gasteiger partial charge in [0, 0.05) is 18.1 Å². The Labute approximate surface area is 260 Å². The summed E-state index contributed by atoms with van der Waals surface area (Å²) in [6.07, 6.45) is 0.434. The Morgan fingerprint density at radius 1 is 1.00 bits per heavy atom. The number of piperidine rings is 1. The first kappa shape index (κ1) is 30.8. The van der Waals surface area contributed by atoms with Gasteiger partial charge in [0.1, 0.15) is 6.61 Å². The number of sulfonamides is 1. The van der Waals surface area contributed by atoms with Crippen molar-refractivity contribution in [1.29, 1.82) is 0 Å². The van der Waals surface area contributed by atoms with Crippen LogP contribution in [0.2, 0.25) is 5.02 Å². The zero-order valence-corrected chi connectivity index (χ0v) is 25.6. The summed E-state index contributed by atoms with van der Waals surface area (Å²) < 4.78 is 46.8. The second-order valence-electron chi connectivity index (χ2n) is 11.4. The van der Waals surface area contributed by atoms with Crippen LogP contribution in [0, 0.1) is 0 Å². The molecular formula is C31H34ClN3O8S. The molecule has 3 aromatic rings. The number of nitrogens with zero attached hydrogens (tertiary/aromatic N) is 3. The highest BCUT2D eigenvalue weighted by molar-refractivity contribution is 7.89. The molecule has 11 nitrogen and oxygen atoms in total. The molecule has 3 aliphatic rings. The number of aliphatic hydroxyl groups excluding tert-OH is 1. The lowest BCUT2D eigenvalue weighted by molar-refractivity contribution is -0.201. The van der Waals surface area contributed by atoms with Gasteiger partial charge in [-0.1, -0.05) is 54.1 Å². The minimum atomic E-state index is -4.10. The van der Waals surface area contributed by atoms with E-state index in [-0.39, 0.29) is 51.0 Å². The number of likely N-dealkylation sites (tertiary alicyclic amines) is 1. The van der Waals surface area contributed by atoms with Crippen molar-refractivity contribution in [2.75, 3.05) is 52.5 Å². The van der Waals surface area contributed by atoms with Gasteiger partial charge in [0.25, 0.3) is 0 Å². The number of carbonyl (C=O) groups excluding carboxylic acids is 2. The smallest absolute Gasteiger partial charge is 0.410 e. The molecule has 3 saturated heterocycles. The quantitative estimate of drug-likeness (QED) is 0.371. The fourth-order valence-corrected chi connectivity index (χ4v) is 7.86. The van der Waals surface area contributed by atoms with Crippen molar-refractivity contribution >= 4 is 44.4 Å². The summed E-state index contributed by atoms with van der Waals surface area (Å²) in [5.41, 5.74) is -1.30. The van der Waals surface area contributed by atoms with Crippen molar-refractivity contribution in [3.05, 3.63) is 77.3 Å². The topological polar surface area (TPSA) is 126 Å². The van der Waals surface area contributed by atoms with Crippen LogP contribution in [0.25, 0.3) is 10.8 Å². The number of piperazine rings is 1. The molecule has 0 aliphatic carbocycles. The van der Waals surface area contributed by atoms with E-state index >= 15 is 0 Å². The maximum Gasteiger partial charge on any atom is 0.410 e. The number of halogens is 1. The van der Waals surface area contributed by atoms with E-state index in [1.54, 1.807) is 40.1 Å². The number of hydrogen-bond acceptors (Lipinski definition) is 8. The van der Waals surface area contributed by atoms with Gasteiger partial charge in [-0.3, -0.25) is 4.79 Å². The Morgan fingerprint density at radius 3 is 2.48 bits per heavy atom. The van der Waals surface area contributed by atoms with Crippen molar-refractivity contribution in [3.63, 3.8) is 0 Å². The summed E-state index contributed by atoms with van der Waals surface area (Å²) in [5, 5.41) is 11.4. The summed E-state index contributed by atoms with van der Waals surface area (Å²) in [6.45, 7) is 0.271. The minimum Gasteiger partial charge on any atom is -0.445 e. The maximum absolute atomic E-state index is 13.9. The van der Waals surface area contributed by atoms with Gasteiger partial charge in [-0.25, -0.2) is 13.2 Å². The third-order valence-corrected chi connectivity index (χ3v) is 10.5. The molecule has 1 N–H and O–H groups in total. The van der Waals surface area contributed by atoms with E-state index in [9.17, 15) is 23.1 Å². The maximum atomic E-state index is 13.9. The molecule has 13 heteroatoms. The Hall–Kier alpha value is -3.26. The third-order valence-electron chi connectivity index (χ3n) is 8.49. The van der Waals surface area contributed by atoms with E-state index in [1.807, 2.05) is 30.3 Å². The predicted octanol–water partition coefficient (Wildman–Crippen LogP) is 3.23. The average Bonchev–Trinajstić information content (AvgIpc) is 3.34. The standard InChI is InChI=1S/C31H34ClN3O8S/c32-26-8-6-25-17-27(9-7-24(25)16-26)44(39,40)34-18-28(37)35-20-30(43-31(35,21-34)22-41-15-14-36)10-12-33(13-11-30)29(38)42-19-23-4-2-1-3-5-23/h1-9,16-17,36H,10-15,18-22H2. The van der Waals surface area contributed by atoms with Gasteiger partial charge in [0.2, 0.25) is 15.9 Å². The van der Waals surface area contributed by atoms with Crippen LogP contribution in [0.5, 0.6) is 0 Å². The van der Waals surface area contributed by atoms with E-state index < -0.39 is 33.3 Å². The molecule has 44 heavy (non-hydrogen) atoms. The number of ether oxygens (including phenoxy) is 3. The SMILES string of the molecule is O=C(OCc1ccccc1)N1CCC2(CC1)CN1C(=O)CN(S(=O)(=O)c3ccc4cc(Cl)ccc4c3)CC1(COCCO)O2. The fraction of sp³-hybridized carbons (Fsp3) is 0.419. The first-order valence-corrected chi connectivity index (χ1v) is 16.3. The van der Waals surface area contributed by atoms with Crippen LogP contribution in [0.1, 0.15) is 18.4 Å². The highest BCUT2D eigenvalue weighted by atomic mass is 35.5. The molecule has 6 rings (SSSR count). The lowest BCUT2D eigenvalue weighted by Gasteiger charge is -2.44. The molecule has 0 bridgehead atoms. The summed E-state index contributed by atoms with van der Waals surface area (Å²) in [4.78, 5) is 29.6. The van der Waals surface area contributed by atoms with Gasteiger partial charge >= 0.3 is 6.09 Å². The van der Waals surface area contributed by atoms with Crippen LogP contribution >= 0.6 is 11.6 Å². The average molecular weight is 644 g/mol. The zero-order chi connectivity index (χ0) is 31.0. The van der Waals surface area contributed by atoms with Crippen molar-refractivity contribution in [2.45, 2.75) is 35.7 Å². The second-order valence-corrected chi connectivity index (χ2v) is 13.8. The van der Waals surface area contributed by atoms with Crippen LogP contribution in [-0.2, 0) is 35.6 Å². The number of fused-ring (bicyclic) bond motifs is 2. The molecular weight excluding hydrogens is 610 g/mol. The van der Waals surface area contributed by atoms with Crippen LogP contribution < -0.4 is 0 Å². The second kappa shape index (κ2) is 12.3. The molecule has 3 fully saturated rings.